The van der Waals surface area contributed by atoms with Crippen molar-refractivity contribution < 1.29 is 4.79 Å². The van der Waals surface area contributed by atoms with Gasteiger partial charge in [0.15, 0.2) is 0 Å². The van der Waals surface area contributed by atoms with Gasteiger partial charge in [-0.25, -0.2) is 0 Å². The van der Waals surface area contributed by atoms with Gasteiger partial charge in [-0.3, -0.25) is 9.78 Å². The standard InChI is InChI=1S/C12H13N3O/c1-8-11(9-2-4-14-5-3-9)6-10(7-13)12(16)15-8/h2-5,8,10-11H,6H2,1H3,(H,15,16). The molecule has 1 saturated heterocycles. The predicted octanol–water partition coefficient (Wildman–Crippen LogP) is 1.21. The van der Waals surface area contributed by atoms with Gasteiger partial charge in [-0.1, -0.05) is 0 Å². The second-order valence-corrected chi connectivity index (χ2v) is 4.10. The maximum Gasteiger partial charge on any atom is 0.237 e. The Labute approximate surface area is 94.3 Å². The minimum absolute atomic E-state index is 0.0690. The second kappa shape index (κ2) is 4.31. The molecular formula is C12H13N3O. The van der Waals surface area contributed by atoms with Crippen LogP contribution in [0.15, 0.2) is 24.5 Å². The summed E-state index contributed by atoms with van der Waals surface area (Å²) < 4.78 is 0. The van der Waals surface area contributed by atoms with E-state index in [1.165, 1.54) is 0 Å². The number of carbonyl (C=O) groups excluding carboxylic acids is 1. The third-order valence-corrected chi connectivity index (χ3v) is 3.07. The van der Waals surface area contributed by atoms with Gasteiger partial charge in [0.25, 0.3) is 0 Å². The van der Waals surface area contributed by atoms with Gasteiger partial charge in [0.1, 0.15) is 5.92 Å². The smallest absolute Gasteiger partial charge is 0.237 e. The summed E-state index contributed by atoms with van der Waals surface area (Å²) >= 11 is 0. The fourth-order valence-electron chi connectivity index (χ4n) is 2.14. The van der Waals surface area contributed by atoms with Crippen LogP contribution in [-0.2, 0) is 4.79 Å². The van der Waals surface area contributed by atoms with E-state index in [4.69, 9.17) is 5.26 Å². The maximum absolute atomic E-state index is 11.5. The molecule has 0 radical (unpaired) electrons. The molecule has 3 unspecified atom stereocenters. The number of amides is 1. The lowest BCUT2D eigenvalue weighted by Gasteiger charge is -2.32. The number of piperidine rings is 1. The molecule has 1 aromatic heterocycles. The minimum Gasteiger partial charge on any atom is -0.352 e. The average Bonchev–Trinajstić information content (AvgIpc) is 2.30. The van der Waals surface area contributed by atoms with E-state index in [-0.39, 0.29) is 17.9 Å². The highest BCUT2D eigenvalue weighted by Crippen LogP contribution is 2.30. The molecule has 1 amide bonds. The Morgan fingerprint density at radius 3 is 2.81 bits per heavy atom. The zero-order chi connectivity index (χ0) is 11.5. The highest BCUT2D eigenvalue weighted by Gasteiger charge is 2.33. The molecule has 1 fully saturated rings. The molecule has 1 aliphatic heterocycles. The molecule has 2 heterocycles. The van der Waals surface area contributed by atoms with E-state index in [1.807, 2.05) is 25.1 Å². The molecule has 4 heteroatoms. The van der Waals surface area contributed by atoms with E-state index < -0.39 is 5.92 Å². The molecule has 4 nitrogen and oxygen atoms in total. The molecule has 0 spiro atoms. The normalized spacial score (nSPS) is 29.2. The molecule has 0 bridgehead atoms. The first-order valence-electron chi connectivity index (χ1n) is 5.32. The van der Waals surface area contributed by atoms with Gasteiger partial charge in [0.2, 0.25) is 5.91 Å². The van der Waals surface area contributed by atoms with Gasteiger partial charge in [0.05, 0.1) is 6.07 Å². The van der Waals surface area contributed by atoms with Crippen molar-refractivity contribution >= 4 is 5.91 Å². The monoisotopic (exact) mass is 215 g/mol. The van der Waals surface area contributed by atoms with Crippen LogP contribution in [-0.4, -0.2) is 16.9 Å². The van der Waals surface area contributed by atoms with Gasteiger partial charge in [0, 0.05) is 24.4 Å². The van der Waals surface area contributed by atoms with E-state index in [1.54, 1.807) is 12.4 Å². The molecule has 3 atom stereocenters. The lowest BCUT2D eigenvalue weighted by molar-refractivity contribution is -0.126. The molecule has 0 aromatic carbocycles. The van der Waals surface area contributed by atoms with Crippen LogP contribution in [0.5, 0.6) is 0 Å². The average molecular weight is 215 g/mol. The zero-order valence-corrected chi connectivity index (χ0v) is 9.05. The van der Waals surface area contributed by atoms with Crippen molar-refractivity contribution in [3.8, 4) is 6.07 Å². The number of carbonyl (C=O) groups is 1. The summed E-state index contributed by atoms with van der Waals surface area (Å²) in [6, 6.07) is 5.99. The van der Waals surface area contributed by atoms with Gasteiger partial charge < -0.3 is 5.32 Å². The van der Waals surface area contributed by atoms with Crippen molar-refractivity contribution in [3.63, 3.8) is 0 Å². The van der Waals surface area contributed by atoms with E-state index in [9.17, 15) is 4.79 Å². The van der Waals surface area contributed by atoms with Crippen molar-refractivity contribution in [1.82, 2.24) is 10.3 Å². The first-order chi connectivity index (χ1) is 7.72. The van der Waals surface area contributed by atoms with Crippen LogP contribution < -0.4 is 5.32 Å². The topological polar surface area (TPSA) is 65.8 Å². The minimum atomic E-state index is -0.533. The number of pyridine rings is 1. The molecule has 1 aliphatic rings. The Morgan fingerprint density at radius 1 is 1.50 bits per heavy atom. The summed E-state index contributed by atoms with van der Waals surface area (Å²) in [7, 11) is 0. The van der Waals surface area contributed by atoms with Crippen LogP contribution in [0.4, 0.5) is 0 Å². The number of nitrogens with zero attached hydrogens (tertiary/aromatic N) is 2. The number of rotatable bonds is 1. The van der Waals surface area contributed by atoms with Crippen molar-refractivity contribution in [2.45, 2.75) is 25.3 Å². The van der Waals surface area contributed by atoms with Crippen molar-refractivity contribution in [2.24, 2.45) is 5.92 Å². The maximum atomic E-state index is 11.5. The third kappa shape index (κ3) is 1.89. The van der Waals surface area contributed by atoms with Crippen LogP contribution in [0, 0.1) is 17.2 Å². The summed E-state index contributed by atoms with van der Waals surface area (Å²) in [5, 5.41) is 11.7. The summed E-state index contributed by atoms with van der Waals surface area (Å²) in [6.45, 7) is 1.97. The van der Waals surface area contributed by atoms with Gasteiger partial charge in [-0.2, -0.15) is 5.26 Å². The van der Waals surface area contributed by atoms with Crippen LogP contribution in [0.25, 0.3) is 0 Å². The summed E-state index contributed by atoms with van der Waals surface area (Å²) in [6.07, 6.45) is 4.06. The number of hydrogen-bond acceptors (Lipinski definition) is 3. The van der Waals surface area contributed by atoms with Crippen molar-refractivity contribution in [1.29, 1.82) is 5.26 Å². The first kappa shape index (κ1) is 10.6. The van der Waals surface area contributed by atoms with E-state index in [0.717, 1.165) is 5.56 Å². The van der Waals surface area contributed by atoms with E-state index in [0.29, 0.717) is 6.42 Å². The number of hydrogen-bond donors (Lipinski definition) is 1. The SMILES string of the molecule is CC1NC(=O)C(C#N)CC1c1ccncc1. The first-order valence-corrected chi connectivity index (χ1v) is 5.32. The summed E-state index contributed by atoms with van der Waals surface area (Å²) in [4.78, 5) is 15.4. The van der Waals surface area contributed by atoms with Crippen molar-refractivity contribution in [2.75, 3.05) is 0 Å². The third-order valence-electron chi connectivity index (χ3n) is 3.07. The highest BCUT2D eigenvalue weighted by molar-refractivity contribution is 5.82. The fourth-order valence-corrected chi connectivity index (χ4v) is 2.14. The fraction of sp³-hybridized carbons (Fsp3) is 0.417. The van der Waals surface area contributed by atoms with Crippen LogP contribution in [0.3, 0.4) is 0 Å². The van der Waals surface area contributed by atoms with E-state index >= 15 is 0 Å². The number of nitriles is 1. The zero-order valence-electron chi connectivity index (χ0n) is 9.05. The van der Waals surface area contributed by atoms with Crippen LogP contribution in [0.2, 0.25) is 0 Å². The quantitative estimate of drug-likeness (QED) is 0.765. The van der Waals surface area contributed by atoms with Gasteiger partial charge >= 0.3 is 0 Å². The highest BCUT2D eigenvalue weighted by atomic mass is 16.2. The van der Waals surface area contributed by atoms with Crippen LogP contribution >= 0.6 is 0 Å². The Hall–Kier alpha value is -1.89. The molecule has 16 heavy (non-hydrogen) atoms. The number of nitrogens with one attached hydrogen (secondary N) is 1. The molecule has 1 aromatic rings. The molecule has 1 N–H and O–H groups in total. The molecule has 0 saturated carbocycles. The van der Waals surface area contributed by atoms with Crippen molar-refractivity contribution in [3.05, 3.63) is 30.1 Å². The molecular weight excluding hydrogens is 202 g/mol. The second-order valence-electron chi connectivity index (χ2n) is 4.10. The largest absolute Gasteiger partial charge is 0.352 e. The van der Waals surface area contributed by atoms with Crippen LogP contribution in [0.1, 0.15) is 24.8 Å². The summed E-state index contributed by atoms with van der Waals surface area (Å²) in [5.74, 6) is -0.486. The Morgan fingerprint density at radius 2 is 2.19 bits per heavy atom. The Kier molecular flexibility index (Phi) is 2.86. The summed E-state index contributed by atoms with van der Waals surface area (Å²) in [5.41, 5.74) is 1.13. The lowest BCUT2D eigenvalue weighted by atomic mass is 9.81. The molecule has 82 valence electrons. The number of aromatic nitrogens is 1. The molecule has 2 rings (SSSR count). The Bertz CT molecular complexity index is 424. The van der Waals surface area contributed by atoms with Gasteiger partial charge in [-0.15, -0.1) is 0 Å². The molecule has 0 aliphatic carbocycles. The predicted molar refractivity (Wildman–Crippen MR) is 58.3 cm³/mol. The van der Waals surface area contributed by atoms with E-state index in [2.05, 4.69) is 10.3 Å². The Balaban J connectivity index is 2.23. The van der Waals surface area contributed by atoms with Gasteiger partial charge in [-0.05, 0) is 31.0 Å². The lowest BCUT2D eigenvalue weighted by Crippen LogP contribution is -2.46.